The predicted molar refractivity (Wildman–Crippen MR) is 108 cm³/mol. The van der Waals surface area contributed by atoms with Crippen molar-refractivity contribution < 1.29 is 24.4 Å². The topological polar surface area (TPSA) is 168 Å². The van der Waals surface area contributed by atoms with Gasteiger partial charge in [0.15, 0.2) is 0 Å². The van der Waals surface area contributed by atoms with E-state index in [0.29, 0.717) is 6.42 Å². The average Bonchev–Trinajstić information content (AvgIpc) is 2.60. The van der Waals surface area contributed by atoms with Gasteiger partial charge in [0.1, 0.15) is 12.1 Å². The van der Waals surface area contributed by atoms with Crippen molar-refractivity contribution in [2.45, 2.75) is 66.5 Å². The highest BCUT2D eigenvalue weighted by molar-refractivity contribution is 5.93. The molecule has 0 heterocycles. The molecule has 0 aromatic heterocycles. The number of nitrogens with zero attached hydrogens (tertiary/aromatic N) is 1. The number of amides is 4. The lowest BCUT2D eigenvalue weighted by Gasteiger charge is -2.37. The molecule has 10 nitrogen and oxygen atoms in total. The van der Waals surface area contributed by atoms with Crippen LogP contribution in [0, 0.1) is 17.3 Å². The standard InChI is InChI=1S/C19H37N5O5/c1-11(2)9-13(10-14(25)23-29)17(27)22-15(19(4,5)6)18(28)24(8-7-20)12(3)16(21)26/h11-13,15,29H,7-10,20H2,1-6H3,(H2,21,26)(H,22,27)(H,23,25)/t12-,13?,15+/m0/s1. The minimum Gasteiger partial charge on any atom is -0.368 e. The third-order valence-corrected chi connectivity index (χ3v) is 4.62. The van der Waals surface area contributed by atoms with Crippen molar-refractivity contribution in [1.82, 2.24) is 15.7 Å². The zero-order valence-corrected chi connectivity index (χ0v) is 18.3. The number of rotatable bonds is 11. The number of nitrogens with two attached hydrogens (primary N) is 2. The predicted octanol–water partition coefficient (Wildman–Crippen LogP) is -0.264. The molecule has 0 aliphatic rings. The van der Waals surface area contributed by atoms with Gasteiger partial charge in [0, 0.05) is 25.4 Å². The minimum atomic E-state index is -0.963. The van der Waals surface area contributed by atoms with E-state index in [2.05, 4.69) is 5.32 Å². The fourth-order valence-electron chi connectivity index (χ4n) is 2.98. The number of primary amides is 1. The van der Waals surface area contributed by atoms with E-state index in [-0.39, 0.29) is 25.4 Å². The van der Waals surface area contributed by atoms with Gasteiger partial charge in [-0.15, -0.1) is 0 Å². The molecule has 3 atom stereocenters. The largest absolute Gasteiger partial charge is 0.368 e. The van der Waals surface area contributed by atoms with Crippen LogP contribution in [0.4, 0.5) is 0 Å². The number of carbonyl (C=O) groups is 4. The first-order valence-electron chi connectivity index (χ1n) is 9.79. The summed E-state index contributed by atoms with van der Waals surface area (Å²) in [6.45, 7) is 10.9. The summed E-state index contributed by atoms with van der Waals surface area (Å²) in [5, 5.41) is 11.5. The molecule has 7 N–H and O–H groups in total. The van der Waals surface area contributed by atoms with E-state index in [1.165, 1.54) is 17.3 Å². The van der Waals surface area contributed by atoms with Gasteiger partial charge >= 0.3 is 0 Å². The van der Waals surface area contributed by atoms with Crippen molar-refractivity contribution >= 4 is 23.6 Å². The Balaban J connectivity index is 5.75. The number of hydroxylamine groups is 1. The van der Waals surface area contributed by atoms with E-state index in [0.717, 1.165) is 0 Å². The molecular formula is C19H37N5O5. The highest BCUT2D eigenvalue weighted by atomic mass is 16.5. The molecule has 4 amide bonds. The van der Waals surface area contributed by atoms with Crippen LogP contribution in [0.15, 0.2) is 0 Å². The Morgan fingerprint density at radius 1 is 1.10 bits per heavy atom. The molecule has 29 heavy (non-hydrogen) atoms. The van der Waals surface area contributed by atoms with E-state index >= 15 is 0 Å². The molecule has 0 spiro atoms. The first-order chi connectivity index (χ1) is 13.3. The van der Waals surface area contributed by atoms with Gasteiger partial charge in [0.05, 0.1) is 0 Å². The zero-order chi connectivity index (χ0) is 22.9. The minimum absolute atomic E-state index is 0.105. The first kappa shape index (κ1) is 26.8. The van der Waals surface area contributed by atoms with Crippen LogP contribution >= 0.6 is 0 Å². The smallest absolute Gasteiger partial charge is 0.246 e. The number of hydrogen-bond acceptors (Lipinski definition) is 6. The van der Waals surface area contributed by atoms with Crippen molar-refractivity contribution in [3.8, 4) is 0 Å². The van der Waals surface area contributed by atoms with Crippen LogP contribution in [0.25, 0.3) is 0 Å². The quantitative estimate of drug-likeness (QED) is 0.230. The Hall–Kier alpha value is -2.20. The Morgan fingerprint density at radius 2 is 1.66 bits per heavy atom. The molecule has 0 radical (unpaired) electrons. The van der Waals surface area contributed by atoms with Crippen LogP contribution < -0.4 is 22.3 Å². The van der Waals surface area contributed by atoms with Crippen molar-refractivity contribution in [1.29, 1.82) is 0 Å². The number of carbonyl (C=O) groups excluding carboxylic acids is 4. The van der Waals surface area contributed by atoms with Crippen LogP contribution in [0.1, 0.15) is 54.4 Å². The van der Waals surface area contributed by atoms with Crippen LogP contribution in [0.2, 0.25) is 0 Å². The molecule has 1 unspecified atom stereocenters. The third kappa shape index (κ3) is 8.78. The lowest BCUT2D eigenvalue weighted by molar-refractivity contribution is -0.145. The monoisotopic (exact) mass is 415 g/mol. The van der Waals surface area contributed by atoms with Gasteiger partial charge in [-0.25, -0.2) is 5.48 Å². The van der Waals surface area contributed by atoms with Gasteiger partial charge < -0.3 is 21.7 Å². The molecule has 0 saturated carbocycles. The lowest BCUT2D eigenvalue weighted by Crippen LogP contribution is -2.59. The van der Waals surface area contributed by atoms with E-state index in [1.807, 2.05) is 13.8 Å². The molecule has 0 aromatic carbocycles. The molecule has 0 aliphatic carbocycles. The molecule has 0 rings (SSSR count). The summed E-state index contributed by atoms with van der Waals surface area (Å²) in [6, 6.07) is -1.85. The van der Waals surface area contributed by atoms with Gasteiger partial charge in [0.25, 0.3) is 0 Å². The summed E-state index contributed by atoms with van der Waals surface area (Å²) in [5.74, 6) is -2.92. The van der Waals surface area contributed by atoms with Gasteiger partial charge in [-0.05, 0) is 24.7 Å². The van der Waals surface area contributed by atoms with Crippen molar-refractivity contribution in [2.75, 3.05) is 13.1 Å². The normalized spacial score (nSPS) is 14.7. The lowest BCUT2D eigenvalue weighted by atomic mass is 9.84. The summed E-state index contributed by atoms with van der Waals surface area (Å²) in [7, 11) is 0. The van der Waals surface area contributed by atoms with E-state index in [1.54, 1.807) is 20.8 Å². The molecule has 0 aliphatic heterocycles. The maximum absolute atomic E-state index is 13.2. The van der Waals surface area contributed by atoms with Gasteiger partial charge in [-0.3, -0.25) is 24.4 Å². The second-order valence-corrected chi connectivity index (χ2v) is 8.77. The summed E-state index contributed by atoms with van der Waals surface area (Å²) in [4.78, 5) is 50.6. The Kier molecular flexibility index (Phi) is 10.8. The van der Waals surface area contributed by atoms with E-state index in [9.17, 15) is 19.2 Å². The van der Waals surface area contributed by atoms with Crippen LogP contribution in [0.3, 0.4) is 0 Å². The van der Waals surface area contributed by atoms with E-state index < -0.39 is 47.0 Å². The van der Waals surface area contributed by atoms with Gasteiger partial charge in [-0.1, -0.05) is 34.6 Å². The highest BCUT2D eigenvalue weighted by Crippen LogP contribution is 2.24. The number of nitrogens with one attached hydrogen (secondary N) is 2. The van der Waals surface area contributed by atoms with Gasteiger partial charge in [0.2, 0.25) is 23.6 Å². The van der Waals surface area contributed by atoms with Gasteiger partial charge in [-0.2, -0.15) is 0 Å². The molecule has 168 valence electrons. The molecule has 0 bridgehead atoms. The summed E-state index contributed by atoms with van der Waals surface area (Å²) in [5.41, 5.74) is 11.8. The maximum Gasteiger partial charge on any atom is 0.246 e. The summed E-state index contributed by atoms with van der Waals surface area (Å²) < 4.78 is 0. The fourth-order valence-corrected chi connectivity index (χ4v) is 2.98. The number of hydrogen-bond donors (Lipinski definition) is 5. The Morgan fingerprint density at radius 3 is 2.03 bits per heavy atom. The molecular weight excluding hydrogens is 378 g/mol. The second-order valence-electron chi connectivity index (χ2n) is 8.77. The van der Waals surface area contributed by atoms with Crippen LogP contribution in [0.5, 0.6) is 0 Å². The van der Waals surface area contributed by atoms with Crippen molar-refractivity contribution in [3.05, 3.63) is 0 Å². The molecule has 0 fully saturated rings. The molecule has 0 saturated heterocycles. The van der Waals surface area contributed by atoms with Crippen LogP contribution in [-0.4, -0.2) is 58.9 Å². The van der Waals surface area contributed by atoms with Crippen molar-refractivity contribution in [2.24, 2.45) is 28.7 Å². The van der Waals surface area contributed by atoms with Crippen molar-refractivity contribution in [3.63, 3.8) is 0 Å². The van der Waals surface area contributed by atoms with Crippen LogP contribution in [-0.2, 0) is 19.2 Å². The molecule has 0 aromatic rings. The first-order valence-corrected chi connectivity index (χ1v) is 9.79. The summed E-state index contributed by atoms with van der Waals surface area (Å²) >= 11 is 0. The second kappa shape index (κ2) is 11.7. The zero-order valence-electron chi connectivity index (χ0n) is 18.3. The fraction of sp³-hybridized carbons (Fsp3) is 0.789. The summed E-state index contributed by atoms with van der Waals surface area (Å²) in [6.07, 6.45) is 0.185. The Labute approximate surface area is 172 Å². The third-order valence-electron chi connectivity index (χ3n) is 4.62. The average molecular weight is 416 g/mol. The maximum atomic E-state index is 13.2. The molecule has 10 heteroatoms. The Bertz CT molecular complexity index is 588. The SMILES string of the molecule is CC(C)CC(CC(=O)NO)C(=O)N[C@H](C(=O)N(CCN)[C@@H](C)C(N)=O)C(C)(C)C. The van der Waals surface area contributed by atoms with E-state index in [4.69, 9.17) is 16.7 Å². The highest BCUT2D eigenvalue weighted by Gasteiger charge is 2.39.